The van der Waals surface area contributed by atoms with E-state index in [2.05, 4.69) is 0 Å². The molecule has 0 unspecified atom stereocenters. The minimum Gasteiger partial charge on any atom is -0.483 e. The molecule has 3 aliphatic rings. The molecule has 2 heterocycles. The fraction of sp³-hybridized carbons (Fsp3) is 0.348. The van der Waals surface area contributed by atoms with Crippen LogP contribution in [0, 0.1) is 5.92 Å². The summed E-state index contributed by atoms with van der Waals surface area (Å²) in [6.45, 7) is 0.910. The van der Waals surface area contributed by atoms with Crippen molar-refractivity contribution in [3.63, 3.8) is 0 Å². The highest BCUT2D eigenvalue weighted by molar-refractivity contribution is 5.86. The van der Waals surface area contributed by atoms with Gasteiger partial charge in [0.1, 0.15) is 11.4 Å². The van der Waals surface area contributed by atoms with Gasteiger partial charge in [-0.05, 0) is 60.7 Å². The third-order valence-corrected chi connectivity index (χ3v) is 6.27. The van der Waals surface area contributed by atoms with Gasteiger partial charge in [0.05, 0.1) is 11.5 Å². The Bertz CT molecular complexity index is 1050. The predicted molar refractivity (Wildman–Crippen MR) is 106 cm³/mol. The van der Waals surface area contributed by atoms with Crippen molar-refractivity contribution < 1.29 is 27.8 Å². The predicted octanol–water partition coefficient (Wildman–Crippen LogP) is 4.97. The molecular formula is C23H20F3NO3. The van der Waals surface area contributed by atoms with Crippen LogP contribution in [0.3, 0.4) is 0 Å². The van der Waals surface area contributed by atoms with Gasteiger partial charge in [0.2, 0.25) is 0 Å². The van der Waals surface area contributed by atoms with E-state index in [1.807, 2.05) is 35.2 Å². The van der Waals surface area contributed by atoms with Crippen LogP contribution in [0.5, 0.6) is 5.75 Å². The van der Waals surface area contributed by atoms with Crippen molar-refractivity contribution in [3.8, 4) is 5.75 Å². The molecule has 2 aromatic carbocycles. The molecule has 0 amide bonds. The van der Waals surface area contributed by atoms with Gasteiger partial charge in [-0.1, -0.05) is 18.2 Å². The summed E-state index contributed by atoms with van der Waals surface area (Å²) in [7, 11) is 0. The Morgan fingerprint density at radius 3 is 2.53 bits per heavy atom. The third kappa shape index (κ3) is 3.13. The van der Waals surface area contributed by atoms with Crippen molar-refractivity contribution in [2.75, 3.05) is 18.0 Å². The Labute approximate surface area is 171 Å². The normalized spacial score (nSPS) is 20.0. The van der Waals surface area contributed by atoms with E-state index in [1.165, 1.54) is 6.07 Å². The molecule has 5 rings (SSSR count). The van der Waals surface area contributed by atoms with E-state index in [1.54, 1.807) is 0 Å². The van der Waals surface area contributed by atoms with Gasteiger partial charge in [-0.2, -0.15) is 13.2 Å². The fourth-order valence-electron chi connectivity index (χ4n) is 4.32. The first kappa shape index (κ1) is 19.0. The fourth-order valence-corrected chi connectivity index (χ4v) is 4.32. The van der Waals surface area contributed by atoms with Gasteiger partial charge in [0.25, 0.3) is 0 Å². The van der Waals surface area contributed by atoms with Crippen molar-refractivity contribution >= 4 is 17.2 Å². The number of rotatable bonds is 3. The minimum atomic E-state index is -4.43. The topological polar surface area (TPSA) is 49.8 Å². The standard InChI is InChI=1S/C23H20F3NO3/c24-23(25,26)16-5-6-18-19(11-22(7-2-8-22)30-20(18)10-16)14-3-1-4-17(9-14)27-12-15(13-27)21(28)29/h1,3-6,9-11,15H,2,7-8,12-13H2,(H,28,29). The number of benzene rings is 2. The summed E-state index contributed by atoms with van der Waals surface area (Å²) in [5.41, 5.74) is 2.04. The summed E-state index contributed by atoms with van der Waals surface area (Å²) >= 11 is 0. The maximum absolute atomic E-state index is 13.2. The van der Waals surface area contributed by atoms with Crippen LogP contribution >= 0.6 is 0 Å². The summed E-state index contributed by atoms with van der Waals surface area (Å²) in [4.78, 5) is 13.1. The van der Waals surface area contributed by atoms with Crippen LogP contribution in [-0.4, -0.2) is 29.8 Å². The number of nitrogens with zero attached hydrogens (tertiary/aromatic N) is 1. The molecule has 2 aromatic rings. The van der Waals surface area contributed by atoms with Crippen LogP contribution in [0.2, 0.25) is 0 Å². The summed E-state index contributed by atoms with van der Waals surface area (Å²) in [6.07, 6.45) is 0.144. The number of carbonyl (C=O) groups is 1. The Hall–Kier alpha value is -2.96. The molecule has 156 valence electrons. The van der Waals surface area contributed by atoms with E-state index in [4.69, 9.17) is 9.84 Å². The average molecular weight is 415 g/mol. The highest BCUT2D eigenvalue weighted by Crippen LogP contribution is 2.49. The number of hydrogen-bond donors (Lipinski definition) is 1. The quantitative estimate of drug-likeness (QED) is 0.769. The number of halogens is 3. The largest absolute Gasteiger partial charge is 0.483 e. The van der Waals surface area contributed by atoms with Crippen molar-refractivity contribution in [3.05, 3.63) is 65.2 Å². The van der Waals surface area contributed by atoms with E-state index < -0.39 is 23.3 Å². The molecule has 0 radical (unpaired) electrons. The van der Waals surface area contributed by atoms with Crippen molar-refractivity contribution in [1.29, 1.82) is 0 Å². The first-order chi connectivity index (χ1) is 14.2. The molecule has 30 heavy (non-hydrogen) atoms. The van der Waals surface area contributed by atoms with E-state index >= 15 is 0 Å². The minimum absolute atomic E-state index is 0.266. The van der Waals surface area contributed by atoms with Gasteiger partial charge in [0, 0.05) is 24.3 Å². The third-order valence-electron chi connectivity index (χ3n) is 6.27. The highest BCUT2D eigenvalue weighted by atomic mass is 19.4. The Morgan fingerprint density at radius 1 is 1.13 bits per heavy atom. The van der Waals surface area contributed by atoms with Gasteiger partial charge >= 0.3 is 12.1 Å². The number of carboxylic acid groups (broad SMARTS) is 1. The first-order valence-electron chi connectivity index (χ1n) is 9.96. The maximum Gasteiger partial charge on any atom is 0.416 e. The zero-order valence-corrected chi connectivity index (χ0v) is 16.1. The monoisotopic (exact) mass is 415 g/mol. The van der Waals surface area contributed by atoms with Crippen molar-refractivity contribution in [2.24, 2.45) is 5.92 Å². The molecule has 2 aliphatic heterocycles. The number of carboxylic acids is 1. The van der Waals surface area contributed by atoms with Gasteiger partial charge < -0.3 is 14.7 Å². The summed E-state index contributed by atoms with van der Waals surface area (Å²) < 4.78 is 45.7. The van der Waals surface area contributed by atoms with Gasteiger partial charge in [-0.25, -0.2) is 0 Å². The van der Waals surface area contributed by atoms with E-state index in [-0.39, 0.29) is 11.7 Å². The molecule has 1 N–H and O–H groups in total. The number of fused-ring (bicyclic) bond motifs is 1. The van der Waals surface area contributed by atoms with E-state index in [0.29, 0.717) is 18.7 Å². The SMILES string of the molecule is O=C(O)C1CN(c2cccc(C3=CC4(CCC4)Oc4cc(C(F)(F)F)ccc43)c2)C1. The van der Waals surface area contributed by atoms with E-state index in [9.17, 15) is 18.0 Å². The molecule has 1 spiro atoms. The molecule has 0 aromatic heterocycles. The molecule has 2 fully saturated rings. The number of ether oxygens (including phenoxy) is 1. The second-order valence-corrected chi connectivity index (χ2v) is 8.28. The maximum atomic E-state index is 13.2. The van der Waals surface area contributed by atoms with Crippen molar-refractivity contribution in [1.82, 2.24) is 0 Å². The number of hydrogen-bond acceptors (Lipinski definition) is 3. The average Bonchev–Trinajstić information content (AvgIpc) is 2.63. The summed E-state index contributed by atoms with van der Waals surface area (Å²) in [5, 5.41) is 9.11. The highest BCUT2D eigenvalue weighted by Gasteiger charge is 2.42. The second kappa shape index (κ2) is 6.52. The van der Waals surface area contributed by atoms with Gasteiger partial charge in [0.15, 0.2) is 0 Å². The molecule has 7 heteroatoms. The number of anilines is 1. The lowest BCUT2D eigenvalue weighted by atomic mass is 9.75. The Morgan fingerprint density at radius 2 is 1.90 bits per heavy atom. The molecule has 1 saturated carbocycles. The van der Waals surface area contributed by atoms with Crippen LogP contribution in [0.4, 0.5) is 18.9 Å². The zero-order valence-electron chi connectivity index (χ0n) is 16.1. The van der Waals surface area contributed by atoms with Crippen molar-refractivity contribution in [2.45, 2.75) is 31.0 Å². The second-order valence-electron chi connectivity index (χ2n) is 8.28. The van der Waals surface area contributed by atoms with Crippen LogP contribution in [-0.2, 0) is 11.0 Å². The van der Waals surface area contributed by atoms with Crippen LogP contribution in [0.25, 0.3) is 5.57 Å². The molecule has 4 nitrogen and oxygen atoms in total. The van der Waals surface area contributed by atoms with Crippen LogP contribution in [0.15, 0.2) is 48.5 Å². The van der Waals surface area contributed by atoms with Crippen LogP contribution < -0.4 is 9.64 Å². The summed E-state index contributed by atoms with van der Waals surface area (Å²) in [6, 6.07) is 11.4. The number of alkyl halides is 3. The molecule has 1 saturated heterocycles. The molecule has 0 atom stereocenters. The zero-order chi connectivity index (χ0) is 21.1. The van der Waals surface area contributed by atoms with Gasteiger partial charge in [-0.15, -0.1) is 0 Å². The Kier molecular flexibility index (Phi) is 4.14. The lowest BCUT2D eigenvalue weighted by molar-refractivity contribution is -0.142. The number of aliphatic carboxylic acids is 1. The van der Waals surface area contributed by atoms with Crippen LogP contribution in [0.1, 0.15) is 36.0 Å². The molecular weight excluding hydrogens is 395 g/mol. The summed E-state index contributed by atoms with van der Waals surface area (Å²) in [5.74, 6) is -0.895. The smallest absolute Gasteiger partial charge is 0.416 e. The van der Waals surface area contributed by atoms with E-state index in [0.717, 1.165) is 48.2 Å². The molecule has 1 aliphatic carbocycles. The lowest BCUT2D eigenvalue weighted by Gasteiger charge is -2.43. The lowest BCUT2D eigenvalue weighted by Crippen LogP contribution is -2.50. The van der Waals surface area contributed by atoms with Gasteiger partial charge in [-0.3, -0.25) is 4.79 Å². The first-order valence-corrected chi connectivity index (χ1v) is 9.96. The molecule has 0 bridgehead atoms. The Balaban J connectivity index is 1.52.